The lowest BCUT2D eigenvalue weighted by atomic mass is 9.97. The first-order valence-corrected chi connectivity index (χ1v) is 10.5. The van der Waals surface area contributed by atoms with Gasteiger partial charge in [0.2, 0.25) is 0 Å². The molecule has 0 saturated carbocycles. The number of nitriles is 2. The summed E-state index contributed by atoms with van der Waals surface area (Å²) in [6.07, 6.45) is 0. The molecule has 0 amide bonds. The summed E-state index contributed by atoms with van der Waals surface area (Å²) in [7, 11) is 1.55. The van der Waals surface area contributed by atoms with E-state index in [0.29, 0.717) is 27.5 Å². The van der Waals surface area contributed by atoms with Crippen LogP contribution in [0.1, 0.15) is 21.5 Å². The zero-order valence-corrected chi connectivity index (χ0v) is 18.3. The number of rotatable bonds is 6. The average molecular weight is 479 g/mol. The Morgan fingerprint density at radius 2 is 1.87 bits per heavy atom. The smallest absolute Gasteiger partial charge is 0.173 e. The summed E-state index contributed by atoms with van der Waals surface area (Å²) in [6.45, 7) is 0. The average Bonchev–Trinajstić information content (AvgIpc) is 2.77. The number of thioether (sulfide) groups is 1. The van der Waals surface area contributed by atoms with Crippen molar-refractivity contribution in [3.63, 3.8) is 0 Å². The zero-order valence-electron chi connectivity index (χ0n) is 15.8. The van der Waals surface area contributed by atoms with E-state index in [1.807, 2.05) is 12.1 Å². The van der Waals surface area contributed by atoms with Crippen molar-refractivity contribution in [3.8, 4) is 29.0 Å². The number of aromatic nitrogens is 1. The molecule has 0 radical (unpaired) electrons. The van der Waals surface area contributed by atoms with Crippen molar-refractivity contribution in [1.82, 2.24) is 4.98 Å². The van der Waals surface area contributed by atoms with Crippen molar-refractivity contribution in [2.75, 3.05) is 18.6 Å². The number of carbonyl (C=O) groups excluding carboxylic acids is 1. The molecular formula is C22H15BrN4O2S. The molecule has 0 unspecified atom stereocenters. The van der Waals surface area contributed by atoms with Crippen molar-refractivity contribution in [2.45, 2.75) is 5.03 Å². The molecule has 3 aromatic rings. The standard InChI is InChI=1S/C22H15BrN4O2S/c1-29-16-7-5-13(6-8-16)20-17(10-24)21(26)27-22(18(20)11-25)30-12-19(28)14-3-2-4-15(23)9-14/h2-9H,12H2,1H3,(H2,26,27). The Morgan fingerprint density at radius 1 is 1.17 bits per heavy atom. The number of hydrogen-bond acceptors (Lipinski definition) is 7. The highest BCUT2D eigenvalue weighted by Crippen LogP contribution is 2.36. The van der Waals surface area contributed by atoms with E-state index >= 15 is 0 Å². The van der Waals surface area contributed by atoms with Crippen molar-refractivity contribution in [2.24, 2.45) is 0 Å². The fourth-order valence-corrected chi connectivity index (χ4v) is 4.12. The Balaban J connectivity index is 2.01. The van der Waals surface area contributed by atoms with Crippen LogP contribution >= 0.6 is 27.7 Å². The summed E-state index contributed by atoms with van der Waals surface area (Å²) in [5.74, 6) is 0.624. The van der Waals surface area contributed by atoms with Gasteiger partial charge in [0.25, 0.3) is 0 Å². The molecule has 0 fully saturated rings. The van der Waals surface area contributed by atoms with E-state index in [9.17, 15) is 15.3 Å². The van der Waals surface area contributed by atoms with Gasteiger partial charge in [-0.3, -0.25) is 4.79 Å². The van der Waals surface area contributed by atoms with Crippen LogP contribution in [0.15, 0.2) is 58.0 Å². The van der Waals surface area contributed by atoms with E-state index in [2.05, 4.69) is 27.0 Å². The molecule has 3 rings (SSSR count). The summed E-state index contributed by atoms with van der Waals surface area (Å²) in [5.41, 5.74) is 7.93. The van der Waals surface area contributed by atoms with Crippen LogP contribution in [0.3, 0.4) is 0 Å². The summed E-state index contributed by atoms with van der Waals surface area (Å²) in [5, 5.41) is 19.7. The molecule has 0 aliphatic carbocycles. The molecule has 2 aromatic carbocycles. The predicted molar refractivity (Wildman–Crippen MR) is 119 cm³/mol. The summed E-state index contributed by atoms with van der Waals surface area (Å²) >= 11 is 4.47. The van der Waals surface area contributed by atoms with E-state index in [1.54, 1.807) is 49.6 Å². The van der Waals surface area contributed by atoms with Crippen LogP contribution in [0.25, 0.3) is 11.1 Å². The molecule has 0 saturated heterocycles. The van der Waals surface area contributed by atoms with Crippen LogP contribution in [0, 0.1) is 22.7 Å². The Bertz CT molecular complexity index is 1200. The molecule has 0 aliphatic rings. The molecule has 1 aromatic heterocycles. The number of ketones is 1. The van der Waals surface area contributed by atoms with Gasteiger partial charge >= 0.3 is 0 Å². The molecule has 0 bridgehead atoms. The third kappa shape index (κ3) is 4.46. The lowest BCUT2D eigenvalue weighted by Crippen LogP contribution is -2.06. The molecule has 2 N–H and O–H groups in total. The Morgan fingerprint density at radius 3 is 2.47 bits per heavy atom. The van der Waals surface area contributed by atoms with Gasteiger partial charge in [-0.25, -0.2) is 4.98 Å². The monoisotopic (exact) mass is 478 g/mol. The quantitative estimate of drug-likeness (QED) is 0.398. The number of carbonyl (C=O) groups is 1. The molecule has 0 aliphatic heterocycles. The number of ether oxygens (including phenoxy) is 1. The molecule has 30 heavy (non-hydrogen) atoms. The molecule has 6 nitrogen and oxygen atoms in total. The second-order valence-electron chi connectivity index (χ2n) is 6.10. The van der Waals surface area contributed by atoms with E-state index in [4.69, 9.17) is 10.5 Å². The molecule has 0 spiro atoms. The third-order valence-corrected chi connectivity index (χ3v) is 5.75. The van der Waals surface area contributed by atoms with Crippen LogP contribution in [0.2, 0.25) is 0 Å². The Labute approximate surface area is 186 Å². The van der Waals surface area contributed by atoms with Gasteiger partial charge < -0.3 is 10.5 Å². The minimum absolute atomic E-state index is 0.0136. The number of nitrogens with zero attached hydrogens (tertiary/aromatic N) is 3. The first kappa shape index (κ1) is 21.4. The second-order valence-corrected chi connectivity index (χ2v) is 7.98. The van der Waals surface area contributed by atoms with Crippen molar-refractivity contribution < 1.29 is 9.53 Å². The van der Waals surface area contributed by atoms with Gasteiger partial charge in [0.05, 0.1) is 18.4 Å². The molecule has 1 heterocycles. The van der Waals surface area contributed by atoms with Crippen molar-refractivity contribution >= 4 is 39.3 Å². The third-order valence-electron chi connectivity index (χ3n) is 4.28. The first-order chi connectivity index (χ1) is 14.5. The number of Topliss-reactive ketones (excluding diaryl/α,β-unsaturated/α-hetero) is 1. The number of pyridine rings is 1. The first-order valence-electron chi connectivity index (χ1n) is 8.68. The number of halogens is 1. The number of nitrogen functional groups attached to an aromatic ring is 1. The summed E-state index contributed by atoms with van der Waals surface area (Å²) < 4.78 is 5.97. The van der Waals surface area contributed by atoms with E-state index < -0.39 is 0 Å². The van der Waals surface area contributed by atoms with E-state index in [0.717, 1.165) is 16.2 Å². The van der Waals surface area contributed by atoms with Gasteiger partial charge in [-0.05, 0) is 29.8 Å². The largest absolute Gasteiger partial charge is 0.497 e. The molecule has 8 heteroatoms. The van der Waals surface area contributed by atoms with Gasteiger partial charge in [-0.2, -0.15) is 10.5 Å². The number of hydrogen-bond donors (Lipinski definition) is 1. The minimum atomic E-state index is -0.110. The number of nitrogens with two attached hydrogens (primary N) is 1. The van der Waals surface area contributed by atoms with Gasteiger partial charge in [-0.1, -0.05) is 52.0 Å². The number of methoxy groups -OCH3 is 1. The van der Waals surface area contributed by atoms with Crippen LogP contribution in [0.4, 0.5) is 5.82 Å². The highest BCUT2D eigenvalue weighted by atomic mass is 79.9. The maximum atomic E-state index is 12.6. The van der Waals surface area contributed by atoms with E-state index in [1.165, 1.54) is 0 Å². The molecule has 0 atom stereocenters. The zero-order chi connectivity index (χ0) is 21.7. The Hall–Kier alpha value is -3.33. The lowest BCUT2D eigenvalue weighted by molar-refractivity contribution is 0.102. The Kier molecular flexibility index (Phi) is 6.73. The topological polar surface area (TPSA) is 113 Å². The van der Waals surface area contributed by atoms with Gasteiger partial charge in [0.15, 0.2) is 5.78 Å². The SMILES string of the molecule is COc1ccc(-c2c(C#N)c(N)nc(SCC(=O)c3cccc(Br)c3)c2C#N)cc1. The van der Waals surface area contributed by atoms with Crippen molar-refractivity contribution in [1.29, 1.82) is 10.5 Å². The fraction of sp³-hybridized carbons (Fsp3) is 0.0909. The minimum Gasteiger partial charge on any atom is -0.497 e. The number of anilines is 1. The van der Waals surface area contributed by atoms with Crippen LogP contribution in [0.5, 0.6) is 5.75 Å². The van der Waals surface area contributed by atoms with Gasteiger partial charge in [0.1, 0.15) is 34.3 Å². The van der Waals surface area contributed by atoms with Crippen molar-refractivity contribution in [3.05, 3.63) is 69.7 Å². The van der Waals surface area contributed by atoms with E-state index in [-0.39, 0.29) is 28.5 Å². The highest BCUT2D eigenvalue weighted by Gasteiger charge is 2.21. The maximum Gasteiger partial charge on any atom is 0.173 e. The van der Waals surface area contributed by atoms with Crippen LogP contribution in [-0.4, -0.2) is 23.6 Å². The van der Waals surface area contributed by atoms with Gasteiger partial charge in [0, 0.05) is 15.6 Å². The van der Waals surface area contributed by atoms with Gasteiger partial charge in [-0.15, -0.1) is 0 Å². The molecule has 148 valence electrons. The summed E-state index contributed by atoms with van der Waals surface area (Å²) in [4.78, 5) is 16.8. The highest BCUT2D eigenvalue weighted by molar-refractivity contribution is 9.10. The number of benzene rings is 2. The fourth-order valence-electron chi connectivity index (χ4n) is 2.83. The normalized spacial score (nSPS) is 10.1. The van der Waals surface area contributed by atoms with Crippen LogP contribution in [-0.2, 0) is 0 Å². The molecular weight excluding hydrogens is 464 g/mol. The summed E-state index contributed by atoms with van der Waals surface area (Å²) in [6, 6.07) is 18.2. The predicted octanol–water partition coefficient (Wildman–Crippen LogP) is 4.82. The second kappa shape index (κ2) is 9.45. The lowest BCUT2D eigenvalue weighted by Gasteiger charge is -2.13. The van der Waals surface area contributed by atoms with Crippen LogP contribution < -0.4 is 10.5 Å². The maximum absolute atomic E-state index is 12.6.